The Bertz CT molecular complexity index is 920. The lowest BCUT2D eigenvalue weighted by atomic mass is 10.2. The third-order valence-electron chi connectivity index (χ3n) is 5.20. The standard InChI is InChI=1S/C18H27N3O5S2/c1-3-20(4-2)27(23,24)15-9-11-16(12-10-15)28(25,26)21-13-5-6-17(21)18(22)19-14-7-8-14/h9-12,14,17H,3-8,13H2,1-2H3,(H,19,22). The summed E-state index contributed by atoms with van der Waals surface area (Å²) in [6, 6.07) is 4.71. The first kappa shape index (κ1) is 21.2. The third-order valence-corrected chi connectivity index (χ3v) is 9.19. The van der Waals surface area contributed by atoms with Crippen molar-refractivity contribution in [2.24, 2.45) is 0 Å². The Hall–Kier alpha value is -1.49. The van der Waals surface area contributed by atoms with Crippen LogP contribution in [-0.4, -0.2) is 63.1 Å². The van der Waals surface area contributed by atoms with Crippen LogP contribution in [-0.2, 0) is 24.8 Å². The van der Waals surface area contributed by atoms with E-state index in [0.717, 1.165) is 12.8 Å². The minimum absolute atomic E-state index is 0.00267. The normalized spacial score (nSPS) is 21.2. The Labute approximate surface area is 167 Å². The van der Waals surface area contributed by atoms with Crippen molar-refractivity contribution >= 4 is 26.0 Å². The van der Waals surface area contributed by atoms with Gasteiger partial charge in [-0.3, -0.25) is 4.79 Å². The number of amides is 1. The smallest absolute Gasteiger partial charge is 0.243 e. The summed E-state index contributed by atoms with van der Waals surface area (Å²) in [4.78, 5) is 12.5. The molecule has 2 aliphatic rings. The van der Waals surface area contributed by atoms with Gasteiger partial charge < -0.3 is 5.32 Å². The highest BCUT2D eigenvalue weighted by molar-refractivity contribution is 7.89. The van der Waals surface area contributed by atoms with E-state index in [1.165, 1.54) is 32.9 Å². The SMILES string of the molecule is CCN(CC)S(=O)(=O)c1ccc(S(=O)(=O)N2CCCC2C(=O)NC2CC2)cc1. The highest BCUT2D eigenvalue weighted by Crippen LogP contribution is 2.28. The van der Waals surface area contributed by atoms with Gasteiger partial charge in [0.15, 0.2) is 0 Å². The predicted octanol–water partition coefficient (Wildman–Crippen LogP) is 1.15. The molecule has 156 valence electrons. The maximum absolute atomic E-state index is 13.0. The Kier molecular flexibility index (Phi) is 6.14. The lowest BCUT2D eigenvalue weighted by Gasteiger charge is -2.23. The fourth-order valence-electron chi connectivity index (χ4n) is 3.45. The van der Waals surface area contributed by atoms with Gasteiger partial charge in [-0.25, -0.2) is 16.8 Å². The minimum atomic E-state index is -3.88. The van der Waals surface area contributed by atoms with Crippen LogP contribution >= 0.6 is 0 Å². The second kappa shape index (κ2) is 8.10. The molecule has 1 amide bonds. The van der Waals surface area contributed by atoms with Crippen molar-refractivity contribution in [3.8, 4) is 0 Å². The van der Waals surface area contributed by atoms with Gasteiger partial charge in [-0.05, 0) is 49.9 Å². The van der Waals surface area contributed by atoms with E-state index in [-0.39, 0.29) is 28.3 Å². The van der Waals surface area contributed by atoms with E-state index < -0.39 is 26.1 Å². The second-order valence-corrected chi connectivity index (χ2v) is 10.9. The number of rotatable bonds is 8. The van der Waals surface area contributed by atoms with Crippen LogP contribution in [0.3, 0.4) is 0 Å². The largest absolute Gasteiger partial charge is 0.352 e. The number of benzene rings is 1. The topological polar surface area (TPSA) is 104 Å². The Balaban J connectivity index is 1.82. The number of hydrogen-bond donors (Lipinski definition) is 1. The maximum atomic E-state index is 13.0. The van der Waals surface area contributed by atoms with Gasteiger partial charge in [0.05, 0.1) is 9.79 Å². The average Bonchev–Trinajstić information content (AvgIpc) is 3.33. The van der Waals surface area contributed by atoms with Gasteiger partial charge in [0, 0.05) is 25.7 Å². The third kappa shape index (κ3) is 4.10. The summed E-state index contributed by atoms with van der Waals surface area (Å²) in [6.07, 6.45) is 2.99. The van der Waals surface area contributed by atoms with Gasteiger partial charge in [-0.1, -0.05) is 13.8 Å². The summed E-state index contributed by atoms with van der Waals surface area (Å²) in [5.41, 5.74) is 0. The van der Waals surface area contributed by atoms with E-state index in [2.05, 4.69) is 5.32 Å². The molecule has 1 aliphatic heterocycles. The van der Waals surface area contributed by atoms with Gasteiger partial charge in [-0.15, -0.1) is 0 Å². The van der Waals surface area contributed by atoms with Crippen molar-refractivity contribution in [2.75, 3.05) is 19.6 Å². The van der Waals surface area contributed by atoms with Crippen molar-refractivity contribution in [2.45, 2.75) is 61.4 Å². The molecule has 1 aromatic rings. The van der Waals surface area contributed by atoms with Gasteiger partial charge in [0.1, 0.15) is 6.04 Å². The molecule has 8 nitrogen and oxygen atoms in total. The summed E-state index contributed by atoms with van der Waals surface area (Å²) in [5, 5.41) is 2.87. The minimum Gasteiger partial charge on any atom is -0.352 e. The molecule has 1 atom stereocenters. The van der Waals surface area contributed by atoms with E-state index in [1.807, 2.05) is 0 Å². The van der Waals surface area contributed by atoms with Crippen LogP contribution in [0.4, 0.5) is 0 Å². The van der Waals surface area contributed by atoms with Crippen LogP contribution in [0.2, 0.25) is 0 Å². The predicted molar refractivity (Wildman–Crippen MR) is 105 cm³/mol. The Morgan fingerprint density at radius 1 is 1.04 bits per heavy atom. The van der Waals surface area contributed by atoms with Crippen molar-refractivity contribution < 1.29 is 21.6 Å². The van der Waals surface area contributed by atoms with Crippen molar-refractivity contribution in [3.05, 3.63) is 24.3 Å². The average molecular weight is 430 g/mol. The molecule has 1 aliphatic carbocycles. The van der Waals surface area contributed by atoms with Crippen molar-refractivity contribution in [3.63, 3.8) is 0 Å². The molecule has 1 N–H and O–H groups in total. The molecule has 10 heteroatoms. The highest BCUT2D eigenvalue weighted by atomic mass is 32.2. The molecule has 2 fully saturated rings. The number of carbonyl (C=O) groups excluding carboxylic acids is 1. The molecule has 0 radical (unpaired) electrons. The van der Waals surface area contributed by atoms with Crippen LogP contribution in [0.25, 0.3) is 0 Å². The van der Waals surface area contributed by atoms with Crippen LogP contribution in [0.15, 0.2) is 34.1 Å². The molecule has 1 saturated heterocycles. The lowest BCUT2D eigenvalue weighted by Crippen LogP contribution is -2.46. The zero-order valence-corrected chi connectivity index (χ0v) is 17.8. The molecule has 0 aromatic heterocycles. The molecule has 3 rings (SSSR count). The first-order valence-corrected chi connectivity index (χ1v) is 12.5. The number of hydrogen-bond acceptors (Lipinski definition) is 5. The number of carbonyl (C=O) groups is 1. The maximum Gasteiger partial charge on any atom is 0.243 e. The van der Waals surface area contributed by atoms with Gasteiger partial charge in [0.2, 0.25) is 26.0 Å². The number of nitrogens with zero attached hydrogens (tertiary/aromatic N) is 2. The quantitative estimate of drug-likeness (QED) is 0.668. The monoisotopic (exact) mass is 429 g/mol. The van der Waals surface area contributed by atoms with E-state index in [1.54, 1.807) is 13.8 Å². The summed E-state index contributed by atoms with van der Waals surface area (Å²) in [6.45, 7) is 4.46. The fraction of sp³-hybridized carbons (Fsp3) is 0.611. The van der Waals surface area contributed by atoms with Crippen LogP contribution in [0.1, 0.15) is 39.5 Å². The second-order valence-electron chi connectivity index (χ2n) is 7.12. The summed E-state index contributed by atoms with van der Waals surface area (Å²) < 4.78 is 53.8. The molecular weight excluding hydrogens is 402 g/mol. The molecule has 1 aromatic carbocycles. The zero-order valence-electron chi connectivity index (χ0n) is 16.2. The summed E-state index contributed by atoms with van der Waals surface area (Å²) in [7, 11) is -7.53. The van der Waals surface area contributed by atoms with E-state index in [0.29, 0.717) is 25.9 Å². The molecule has 0 spiro atoms. The van der Waals surface area contributed by atoms with E-state index >= 15 is 0 Å². The van der Waals surface area contributed by atoms with Crippen LogP contribution in [0.5, 0.6) is 0 Å². The molecule has 28 heavy (non-hydrogen) atoms. The number of sulfonamides is 2. The van der Waals surface area contributed by atoms with E-state index in [4.69, 9.17) is 0 Å². The van der Waals surface area contributed by atoms with Gasteiger partial charge >= 0.3 is 0 Å². The summed E-state index contributed by atoms with van der Waals surface area (Å²) in [5.74, 6) is -0.246. The first-order chi connectivity index (χ1) is 13.2. The zero-order chi connectivity index (χ0) is 20.5. The van der Waals surface area contributed by atoms with Crippen molar-refractivity contribution in [1.29, 1.82) is 0 Å². The van der Waals surface area contributed by atoms with Gasteiger partial charge in [-0.2, -0.15) is 8.61 Å². The molecule has 1 heterocycles. The molecular formula is C18H27N3O5S2. The summed E-state index contributed by atoms with van der Waals surface area (Å²) >= 11 is 0. The first-order valence-electron chi connectivity index (χ1n) is 9.64. The van der Waals surface area contributed by atoms with Crippen LogP contribution in [0, 0.1) is 0 Å². The van der Waals surface area contributed by atoms with E-state index in [9.17, 15) is 21.6 Å². The molecule has 0 bridgehead atoms. The molecule has 1 saturated carbocycles. The Morgan fingerprint density at radius 2 is 1.61 bits per heavy atom. The fourth-order valence-corrected chi connectivity index (χ4v) is 6.56. The Morgan fingerprint density at radius 3 is 2.14 bits per heavy atom. The molecule has 1 unspecified atom stereocenters. The van der Waals surface area contributed by atoms with Crippen LogP contribution < -0.4 is 5.32 Å². The number of nitrogens with one attached hydrogen (secondary N) is 1. The van der Waals surface area contributed by atoms with Gasteiger partial charge in [0.25, 0.3) is 0 Å². The lowest BCUT2D eigenvalue weighted by molar-refractivity contribution is -0.124. The van der Waals surface area contributed by atoms with Crippen molar-refractivity contribution in [1.82, 2.24) is 13.9 Å². The highest BCUT2D eigenvalue weighted by Gasteiger charge is 2.40.